The minimum absolute atomic E-state index is 0.158. The van der Waals surface area contributed by atoms with Crippen molar-refractivity contribution in [2.45, 2.75) is 33.8 Å². The Morgan fingerprint density at radius 1 is 1.00 bits per heavy atom. The molecule has 6 heteroatoms. The van der Waals surface area contributed by atoms with Crippen LogP contribution in [0.4, 0.5) is 23.1 Å². The van der Waals surface area contributed by atoms with Crippen molar-refractivity contribution in [2.75, 3.05) is 10.6 Å². The molecule has 0 bridgehead atoms. The molecule has 0 radical (unpaired) electrons. The highest BCUT2D eigenvalue weighted by atomic mass is 16.3. The Kier molecular flexibility index (Phi) is 6.10. The molecule has 3 N–H and O–H groups in total. The van der Waals surface area contributed by atoms with Crippen LogP contribution < -0.4 is 10.6 Å². The Hall–Kier alpha value is -3.43. The van der Waals surface area contributed by atoms with Gasteiger partial charge < -0.3 is 15.7 Å². The molecule has 1 unspecified atom stereocenters. The van der Waals surface area contributed by atoms with E-state index in [4.69, 9.17) is 5.26 Å². The zero-order chi connectivity index (χ0) is 21.0. The number of nitriles is 1. The Morgan fingerprint density at radius 2 is 1.66 bits per heavy atom. The molecule has 1 atom stereocenters. The smallest absolute Gasteiger partial charge is 0.229 e. The molecule has 0 saturated carbocycles. The van der Waals surface area contributed by atoms with Gasteiger partial charge in [-0.2, -0.15) is 10.2 Å². The van der Waals surface area contributed by atoms with Crippen LogP contribution in [0.1, 0.15) is 42.2 Å². The van der Waals surface area contributed by atoms with Gasteiger partial charge in [0, 0.05) is 17.6 Å². The van der Waals surface area contributed by atoms with Crippen molar-refractivity contribution in [1.29, 1.82) is 5.26 Å². The zero-order valence-electron chi connectivity index (χ0n) is 17.1. The van der Waals surface area contributed by atoms with Gasteiger partial charge in [0.2, 0.25) is 5.95 Å². The summed E-state index contributed by atoms with van der Waals surface area (Å²) in [5.74, 6) is 1.28. The molecule has 0 fully saturated rings. The van der Waals surface area contributed by atoms with Crippen molar-refractivity contribution in [3.8, 4) is 6.07 Å². The molecule has 6 nitrogen and oxygen atoms in total. The van der Waals surface area contributed by atoms with Crippen LogP contribution in [0.15, 0.2) is 48.7 Å². The Morgan fingerprint density at radius 3 is 2.24 bits per heavy atom. The second-order valence-electron chi connectivity index (χ2n) is 7.42. The van der Waals surface area contributed by atoms with Gasteiger partial charge in [-0.15, -0.1) is 0 Å². The van der Waals surface area contributed by atoms with Crippen LogP contribution in [0.3, 0.4) is 0 Å². The predicted octanol–water partition coefficient (Wildman–Crippen LogP) is 5.14. The summed E-state index contributed by atoms with van der Waals surface area (Å²) in [6.45, 7) is 8.04. The third kappa shape index (κ3) is 4.89. The number of rotatable bonds is 6. The summed E-state index contributed by atoms with van der Waals surface area (Å²) in [5.41, 5.74) is 5.38. The second kappa shape index (κ2) is 8.72. The minimum atomic E-state index is -0.483. The van der Waals surface area contributed by atoms with Crippen molar-refractivity contribution < 1.29 is 5.11 Å². The zero-order valence-corrected chi connectivity index (χ0v) is 17.1. The van der Waals surface area contributed by atoms with Crippen LogP contribution in [-0.4, -0.2) is 15.1 Å². The SMILES string of the molecule is Cc1cc(C(O)C(C)C)cc(C)c1Nc1ccnc(Nc2ccc(C#N)cc2)n1. The summed E-state index contributed by atoms with van der Waals surface area (Å²) in [6, 6.07) is 15.0. The minimum Gasteiger partial charge on any atom is -0.388 e. The molecule has 3 aromatic rings. The molecule has 1 aromatic heterocycles. The maximum Gasteiger partial charge on any atom is 0.229 e. The predicted molar refractivity (Wildman–Crippen MR) is 115 cm³/mol. The first kappa shape index (κ1) is 20.3. The number of aliphatic hydroxyl groups excluding tert-OH is 1. The van der Waals surface area contributed by atoms with Crippen molar-refractivity contribution in [3.05, 3.63) is 70.9 Å². The van der Waals surface area contributed by atoms with E-state index in [2.05, 4.69) is 26.7 Å². The molecule has 29 heavy (non-hydrogen) atoms. The highest BCUT2D eigenvalue weighted by Gasteiger charge is 2.15. The van der Waals surface area contributed by atoms with Crippen LogP contribution in [0.2, 0.25) is 0 Å². The first-order valence-electron chi connectivity index (χ1n) is 9.54. The average molecular weight is 387 g/mol. The number of aryl methyl sites for hydroxylation is 2. The van der Waals surface area contributed by atoms with Crippen LogP contribution in [0.25, 0.3) is 0 Å². The maximum atomic E-state index is 10.4. The average Bonchev–Trinajstić information content (AvgIpc) is 2.70. The molecule has 148 valence electrons. The van der Waals surface area contributed by atoms with E-state index in [1.165, 1.54) is 0 Å². The molecule has 2 aromatic carbocycles. The monoisotopic (exact) mass is 387 g/mol. The summed E-state index contributed by atoms with van der Waals surface area (Å²) in [7, 11) is 0. The Bertz CT molecular complexity index is 1010. The Balaban J connectivity index is 1.80. The van der Waals surface area contributed by atoms with Crippen LogP contribution in [-0.2, 0) is 0 Å². The number of hydrogen-bond acceptors (Lipinski definition) is 6. The van der Waals surface area contributed by atoms with Gasteiger partial charge in [0.05, 0.1) is 17.7 Å². The molecule has 1 heterocycles. The molecular formula is C23H25N5O. The molecule has 0 spiro atoms. The van der Waals surface area contributed by atoms with Crippen LogP contribution in [0.5, 0.6) is 0 Å². The fourth-order valence-corrected chi connectivity index (χ4v) is 3.12. The van der Waals surface area contributed by atoms with Gasteiger partial charge in [-0.1, -0.05) is 26.0 Å². The van der Waals surface area contributed by atoms with E-state index in [0.717, 1.165) is 28.1 Å². The normalized spacial score (nSPS) is 11.8. The van der Waals surface area contributed by atoms with Crippen molar-refractivity contribution >= 4 is 23.1 Å². The number of aromatic nitrogens is 2. The summed E-state index contributed by atoms with van der Waals surface area (Å²) in [6.07, 6.45) is 1.20. The molecule has 0 aliphatic heterocycles. The van der Waals surface area contributed by atoms with Crippen molar-refractivity contribution in [3.63, 3.8) is 0 Å². The number of hydrogen-bond donors (Lipinski definition) is 3. The lowest BCUT2D eigenvalue weighted by molar-refractivity contribution is 0.127. The van der Waals surface area contributed by atoms with Gasteiger partial charge in [-0.25, -0.2) is 4.98 Å². The van der Waals surface area contributed by atoms with Crippen LogP contribution in [0, 0.1) is 31.1 Å². The molecule has 3 rings (SSSR count). The van der Waals surface area contributed by atoms with Crippen LogP contribution >= 0.6 is 0 Å². The summed E-state index contributed by atoms with van der Waals surface area (Å²) >= 11 is 0. The molecule has 0 aliphatic rings. The van der Waals surface area contributed by atoms with Gasteiger partial charge in [0.15, 0.2) is 0 Å². The van der Waals surface area contributed by atoms with Gasteiger partial charge in [-0.05, 0) is 66.8 Å². The van der Waals surface area contributed by atoms with Crippen molar-refractivity contribution in [1.82, 2.24) is 9.97 Å². The number of anilines is 4. The van der Waals surface area contributed by atoms with Gasteiger partial charge in [0.1, 0.15) is 5.82 Å². The lowest BCUT2D eigenvalue weighted by atomic mass is 9.95. The lowest BCUT2D eigenvalue weighted by Crippen LogP contribution is -2.08. The van der Waals surface area contributed by atoms with E-state index < -0.39 is 6.10 Å². The molecule has 0 saturated heterocycles. The standard InChI is InChI=1S/C23H25N5O/c1-14(2)22(29)18-11-15(3)21(16(4)12-18)27-20-9-10-25-23(28-20)26-19-7-5-17(13-24)6-8-19/h5-12,14,22,29H,1-4H3,(H2,25,26,27,28). The maximum absolute atomic E-state index is 10.4. The van der Waals surface area contributed by atoms with E-state index in [-0.39, 0.29) is 5.92 Å². The summed E-state index contributed by atoms with van der Waals surface area (Å²) < 4.78 is 0. The fourth-order valence-electron chi connectivity index (χ4n) is 3.12. The third-order valence-electron chi connectivity index (χ3n) is 4.71. The highest BCUT2D eigenvalue weighted by molar-refractivity contribution is 5.66. The molecule has 0 amide bonds. The third-order valence-corrected chi connectivity index (χ3v) is 4.71. The quantitative estimate of drug-likeness (QED) is 0.542. The second-order valence-corrected chi connectivity index (χ2v) is 7.42. The van der Waals surface area contributed by atoms with E-state index in [1.807, 2.05) is 52.0 Å². The molecule has 0 aliphatic carbocycles. The molecular weight excluding hydrogens is 362 g/mol. The lowest BCUT2D eigenvalue weighted by Gasteiger charge is -2.19. The highest BCUT2D eigenvalue weighted by Crippen LogP contribution is 2.30. The number of benzene rings is 2. The largest absolute Gasteiger partial charge is 0.388 e. The fraction of sp³-hybridized carbons (Fsp3) is 0.261. The van der Waals surface area contributed by atoms with E-state index in [9.17, 15) is 5.11 Å². The Labute approximate surface area is 171 Å². The summed E-state index contributed by atoms with van der Waals surface area (Å²) in [5, 5.41) is 25.8. The topological polar surface area (TPSA) is 93.9 Å². The van der Waals surface area contributed by atoms with Gasteiger partial charge in [0.25, 0.3) is 0 Å². The van der Waals surface area contributed by atoms with E-state index in [0.29, 0.717) is 17.3 Å². The number of nitrogens with one attached hydrogen (secondary N) is 2. The van der Waals surface area contributed by atoms with E-state index >= 15 is 0 Å². The number of nitrogens with zero attached hydrogens (tertiary/aromatic N) is 3. The first-order valence-corrected chi connectivity index (χ1v) is 9.54. The van der Waals surface area contributed by atoms with Gasteiger partial charge >= 0.3 is 0 Å². The number of aliphatic hydroxyl groups is 1. The van der Waals surface area contributed by atoms with Crippen molar-refractivity contribution in [2.24, 2.45) is 5.92 Å². The summed E-state index contributed by atoms with van der Waals surface area (Å²) in [4.78, 5) is 8.79. The van der Waals surface area contributed by atoms with Gasteiger partial charge in [-0.3, -0.25) is 0 Å². The first-order chi connectivity index (χ1) is 13.9. The van der Waals surface area contributed by atoms with E-state index in [1.54, 1.807) is 24.4 Å².